The fraction of sp³-hybridized carbons (Fsp3) is 0.625. The maximum absolute atomic E-state index is 12.4. The molecular weight excluding hydrogens is 306 g/mol. The first-order valence-corrected chi connectivity index (χ1v) is 8.70. The standard InChI is InChI=1S/C16H23N7O/c24-16(4-1-13-5-6-17-11-13)22-9-7-21(8-10-22)15-3-2-14-19-18-12-23(14)20-15/h2-3,12-13,17H,1,4-11H2. The summed E-state index contributed by atoms with van der Waals surface area (Å²) in [4.78, 5) is 16.6. The molecule has 1 N–H and O–H groups in total. The average Bonchev–Trinajstić information content (AvgIpc) is 3.30. The van der Waals surface area contributed by atoms with Crippen molar-refractivity contribution in [2.45, 2.75) is 19.3 Å². The van der Waals surface area contributed by atoms with Crippen LogP contribution in [0, 0.1) is 5.92 Å². The number of carbonyl (C=O) groups excluding carboxylic acids is 1. The highest BCUT2D eigenvalue weighted by atomic mass is 16.2. The SMILES string of the molecule is O=C(CCC1CCNC1)N1CCN(c2ccc3nncn3n2)CC1. The summed E-state index contributed by atoms with van der Waals surface area (Å²) in [7, 11) is 0. The van der Waals surface area contributed by atoms with Gasteiger partial charge in [0.1, 0.15) is 12.1 Å². The van der Waals surface area contributed by atoms with Gasteiger partial charge in [0.15, 0.2) is 5.65 Å². The van der Waals surface area contributed by atoms with Gasteiger partial charge in [-0.3, -0.25) is 4.79 Å². The molecule has 2 aliphatic rings. The Bertz CT molecular complexity index is 701. The van der Waals surface area contributed by atoms with E-state index in [0.717, 1.165) is 57.2 Å². The molecule has 4 rings (SSSR count). The summed E-state index contributed by atoms with van der Waals surface area (Å²) in [5, 5.41) is 15.7. The summed E-state index contributed by atoms with van der Waals surface area (Å²) in [6, 6.07) is 3.89. The number of anilines is 1. The van der Waals surface area contributed by atoms with Crippen LogP contribution >= 0.6 is 0 Å². The lowest BCUT2D eigenvalue weighted by Gasteiger charge is -2.35. The molecule has 4 heterocycles. The molecule has 2 aromatic rings. The molecule has 0 radical (unpaired) electrons. The Labute approximate surface area is 140 Å². The molecule has 8 heteroatoms. The van der Waals surface area contributed by atoms with E-state index >= 15 is 0 Å². The molecule has 1 amide bonds. The third kappa shape index (κ3) is 3.19. The van der Waals surface area contributed by atoms with Crippen LogP contribution in [0.2, 0.25) is 0 Å². The number of fused-ring (bicyclic) bond motifs is 1. The predicted octanol–water partition coefficient (Wildman–Crippen LogP) is 0.163. The minimum absolute atomic E-state index is 0.295. The number of nitrogens with zero attached hydrogens (tertiary/aromatic N) is 6. The van der Waals surface area contributed by atoms with Crippen molar-refractivity contribution in [3.05, 3.63) is 18.5 Å². The molecule has 0 aliphatic carbocycles. The monoisotopic (exact) mass is 329 g/mol. The van der Waals surface area contributed by atoms with E-state index < -0.39 is 0 Å². The molecule has 8 nitrogen and oxygen atoms in total. The first-order valence-electron chi connectivity index (χ1n) is 8.70. The normalized spacial score (nSPS) is 21.6. The third-order valence-electron chi connectivity index (χ3n) is 5.03. The van der Waals surface area contributed by atoms with E-state index in [2.05, 4.69) is 25.5 Å². The molecule has 0 saturated carbocycles. The molecule has 1 unspecified atom stereocenters. The molecule has 128 valence electrons. The summed E-state index contributed by atoms with van der Waals surface area (Å²) in [6.07, 6.45) is 4.50. The summed E-state index contributed by atoms with van der Waals surface area (Å²) in [6.45, 7) is 5.33. The molecular formula is C16H23N7O. The zero-order chi connectivity index (χ0) is 16.4. The highest BCUT2D eigenvalue weighted by Gasteiger charge is 2.23. The van der Waals surface area contributed by atoms with E-state index in [9.17, 15) is 4.79 Å². The lowest BCUT2D eigenvalue weighted by atomic mass is 10.0. The number of rotatable bonds is 4. The van der Waals surface area contributed by atoms with E-state index in [-0.39, 0.29) is 0 Å². The molecule has 2 aromatic heterocycles. The Morgan fingerprint density at radius 2 is 2.12 bits per heavy atom. The van der Waals surface area contributed by atoms with Crippen LogP contribution in [0.5, 0.6) is 0 Å². The van der Waals surface area contributed by atoms with E-state index in [1.807, 2.05) is 17.0 Å². The molecule has 2 saturated heterocycles. The lowest BCUT2D eigenvalue weighted by molar-refractivity contribution is -0.131. The number of hydrogen-bond acceptors (Lipinski definition) is 6. The van der Waals surface area contributed by atoms with E-state index in [1.54, 1.807) is 10.8 Å². The van der Waals surface area contributed by atoms with Crippen LogP contribution in [0.4, 0.5) is 5.82 Å². The largest absolute Gasteiger partial charge is 0.352 e. The molecule has 0 bridgehead atoms. The van der Waals surface area contributed by atoms with Gasteiger partial charge in [-0.2, -0.15) is 4.52 Å². The number of aromatic nitrogens is 4. The van der Waals surface area contributed by atoms with Crippen LogP contribution in [0.3, 0.4) is 0 Å². The zero-order valence-electron chi connectivity index (χ0n) is 13.8. The minimum atomic E-state index is 0.295. The fourth-order valence-electron chi connectivity index (χ4n) is 3.52. The quantitative estimate of drug-likeness (QED) is 0.861. The molecule has 0 spiro atoms. The Morgan fingerprint density at radius 1 is 1.25 bits per heavy atom. The Kier molecular flexibility index (Phi) is 4.29. The van der Waals surface area contributed by atoms with Crippen molar-refractivity contribution in [1.82, 2.24) is 30.0 Å². The van der Waals surface area contributed by atoms with Crippen LogP contribution in [0.25, 0.3) is 5.65 Å². The second kappa shape index (κ2) is 6.72. The van der Waals surface area contributed by atoms with Gasteiger partial charge in [0.2, 0.25) is 5.91 Å². The Balaban J connectivity index is 1.30. The first-order chi connectivity index (χ1) is 11.8. The summed E-state index contributed by atoms with van der Waals surface area (Å²) in [5.74, 6) is 1.88. The van der Waals surface area contributed by atoms with Gasteiger partial charge < -0.3 is 15.1 Å². The van der Waals surface area contributed by atoms with Crippen LogP contribution in [-0.2, 0) is 4.79 Å². The minimum Gasteiger partial charge on any atom is -0.352 e. The lowest BCUT2D eigenvalue weighted by Crippen LogP contribution is -2.49. The van der Waals surface area contributed by atoms with Crippen molar-refractivity contribution in [2.75, 3.05) is 44.2 Å². The van der Waals surface area contributed by atoms with Gasteiger partial charge in [-0.1, -0.05) is 0 Å². The van der Waals surface area contributed by atoms with Gasteiger partial charge in [0, 0.05) is 32.6 Å². The second-order valence-corrected chi connectivity index (χ2v) is 6.59. The van der Waals surface area contributed by atoms with Gasteiger partial charge in [-0.05, 0) is 44.0 Å². The number of nitrogens with one attached hydrogen (secondary N) is 1. The van der Waals surface area contributed by atoms with Crippen LogP contribution < -0.4 is 10.2 Å². The zero-order valence-corrected chi connectivity index (χ0v) is 13.8. The van der Waals surface area contributed by atoms with Crippen LogP contribution in [0.1, 0.15) is 19.3 Å². The highest BCUT2D eigenvalue weighted by Crippen LogP contribution is 2.17. The number of amides is 1. The van der Waals surface area contributed by atoms with Gasteiger partial charge in [-0.25, -0.2) is 0 Å². The maximum Gasteiger partial charge on any atom is 0.222 e. The summed E-state index contributed by atoms with van der Waals surface area (Å²) < 4.78 is 1.68. The van der Waals surface area contributed by atoms with Crippen LogP contribution in [0.15, 0.2) is 18.5 Å². The summed E-state index contributed by atoms with van der Waals surface area (Å²) >= 11 is 0. The third-order valence-corrected chi connectivity index (χ3v) is 5.03. The predicted molar refractivity (Wildman–Crippen MR) is 89.8 cm³/mol. The van der Waals surface area contributed by atoms with E-state index in [1.165, 1.54) is 6.42 Å². The molecule has 1 atom stereocenters. The average molecular weight is 329 g/mol. The summed E-state index contributed by atoms with van der Waals surface area (Å²) in [5.41, 5.74) is 0.744. The molecule has 0 aromatic carbocycles. The van der Waals surface area contributed by atoms with Gasteiger partial charge in [0.25, 0.3) is 0 Å². The van der Waals surface area contributed by atoms with E-state index in [4.69, 9.17) is 0 Å². The van der Waals surface area contributed by atoms with Gasteiger partial charge >= 0.3 is 0 Å². The number of hydrogen-bond donors (Lipinski definition) is 1. The Hall–Kier alpha value is -2.22. The van der Waals surface area contributed by atoms with Crippen molar-refractivity contribution in [3.8, 4) is 0 Å². The van der Waals surface area contributed by atoms with Crippen molar-refractivity contribution in [1.29, 1.82) is 0 Å². The topological polar surface area (TPSA) is 78.7 Å². The fourth-order valence-corrected chi connectivity index (χ4v) is 3.52. The maximum atomic E-state index is 12.4. The van der Waals surface area contributed by atoms with Crippen molar-refractivity contribution >= 4 is 17.4 Å². The van der Waals surface area contributed by atoms with Gasteiger partial charge in [0.05, 0.1) is 0 Å². The van der Waals surface area contributed by atoms with Crippen LogP contribution in [-0.4, -0.2) is 69.9 Å². The van der Waals surface area contributed by atoms with Crippen molar-refractivity contribution in [2.24, 2.45) is 5.92 Å². The molecule has 24 heavy (non-hydrogen) atoms. The number of carbonyl (C=O) groups is 1. The second-order valence-electron chi connectivity index (χ2n) is 6.59. The van der Waals surface area contributed by atoms with Gasteiger partial charge in [-0.15, -0.1) is 15.3 Å². The van der Waals surface area contributed by atoms with Crippen molar-refractivity contribution in [3.63, 3.8) is 0 Å². The molecule has 2 fully saturated rings. The molecule has 2 aliphatic heterocycles. The Morgan fingerprint density at radius 3 is 2.92 bits per heavy atom. The van der Waals surface area contributed by atoms with E-state index in [0.29, 0.717) is 18.2 Å². The first kappa shape index (κ1) is 15.3. The smallest absolute Gasteiger partial charge is 0.222 e. The highest BCUT2D eigenvalue weighted by molar-refractivity contribution is 5.76. The van der Waals surface area contributed by atoms with Crippen molar-refractivity contribution < 1.29 is 4.79 Å². The number of piperazine rings is 1.